The summed E-state index contributed by atoms with van der Waals surface area (Å²) in [6, 6.07) is 21.8. The van der Waals surface area contributed by atoms with Crippen LogP contribution in [0.25, 0.3) is 10.8 Å². The maximum atomic E-state index is 12.9. The van der Waals surface area contributed by atoms with Gasteiger partial charge in [-0.25, -0.2) is 13.9 Å². The number of aromatic nitrogens is 2. The second kappa shape index (κ2) is 9.21. The van der Waals surface area contributed by atoms with Crippen molar-refractivity contribution in [2.75, 3.05) is 13.2 Å². The van der Waals surface area contributed by atoms with E-state index in [9.17, 15) is 14.0 Å². The minimum Gasteiger partial charge on any atom is -0.490 e. The normalized spacial score (nSPS) is 10.7. The van der Waals surface area contributed by atoms with Crippen LogP contribution in [-0.2, 0) is 11.3 Å². The van der Waals surface area contributed by atoms with Crippen LogP contribution in [0, 0.1) is 5.82 Å². The van der Waals surface area contributed by atoms with E-state index in [1.54, 1.807) is 24.3 Å². The minimum absolute atomic E-state index is 0.0238. The van der Waals surface area contributed by atoms with Crippen molar-refractivity contribution in [3.05, 3.63) is 106 Å². The SMILES string of the molecule is O=C(OCCOc1ccc(F)cc1)c1nn(Cc2ccccc2)c(=O)c2ccccc12. The van der Waals surface area contributed by atoms with Crippen LogP contribution in [0.3, 0.4) is 0 Å². The molecule has 0 unspecified atom stereocenters. The predicted molar refractivity (Wildman–Crippen MR) is 114 cm³/mol. The maximum absolute atomic E-state index is 12.9. The highest BCUT2D eigenvalue weighted by molar-refractivity contribution is 6.02. The number of carbonyl (C=O) groups excluding carboxylic acids is 1. The van der Waals surface area contributed by atoms with Gasteiger partial charge in [-0.15, -0.1) is 0 Å². The smallest absolute Gasteiger partial charge is 0.359 e. The Kier molecular flexibility index (Phi) is 6.03. The Morgan fingerprint density at radius 3 is 2.29 bits per heavy atom. The van der Waals surface area contributed by atoms with E-state index in [0.717, 1.165) is 5.56 Å². The molecule has 0 aliphatic carbocycles. The van der Waals surface area contributed by atoms with Crippen molar-refractivity contribution in [1.29, 1.82) is 0 Å². The number of nitrogens with zero attached hydrogens (tertiary/aromatic N) is 2. The van der Waals surface area contributed by atoms with Crippen LogP contribution in [0.4, 0.5) is 4.39 Å². The number of hydrogen-bond donors (Lipinski definition) is 0. The van der Waals surface area contributed by atoms with E-state index in [4.69, 9.17) is 9.47 Å². The topological polar surface area (TPSA) is 70.4 Å². The molecular weight excluding hydrogens is 399 g/mol. The standard InChI is InChI=1S/C24H19FN2O4/c25-18-10-12-19(13-11-18)30-14-15-31-24(29)22-20-8-4-5-9-21(20)23(28)27(26-22)16-17-6-2-1-3-7-17/h1-13H,14-16H2. The van der Waals surface area contributed by atoms with E-state index in [1.165, 1.54) is 28.9 Å². The molecule has 4 rings (SSSR count). The lowest BCUT2D eigenvalue weighted by Crippen LogP contribution is -2.27. The van der Waals surface area contributed by atoms with Crippen LogP contribution in [-0.4, -0.2) is 29.0 Å². The van der Waals surface area contributed by atoms with Gasteiger partial charge in [0.1, 0.15) is 24.8 Å². The number of rotatable bonds is 7. The Labute approximate surface area is 177 Å². The van der Waals surface area contributed by atoms with Crippen molar-refractivity contribution < 1.29 is 18.7 Å². The molecule has 0 amide bonds. The van der Waals surface area contributed by atoms with Gasteiger partial charge in [-0.05, 0) is 35.9 Å². The molecular formula is C24H19FN2O4. The minimum atomic E-state index is -0.652. The molecule has 0 saturated carbocycles. The number of benzene rings is 3. The molecule has 0 aliphatic heterocycles. The Bertz CT molecular complexity index is 1250. The van der Waals surface area contributed by atoms with E-state index in [2.05, 4.69) is 5.10 Å². The Morgan fingerprint density at radius 2 is 1.55 bits per heavy atom. The van der Waals surface area contributed by atoms with E-state index >= 15 is 0 Å². The molecule has 0 atom stereocenters. The molecule has 0 spiro atoms. The molecule has 31 heavy (non-hydrogen) atoms. The molecule has 6 nitrogen and oxygen atoms in total. The van der Waals surface area contributed by atoms with Crippen LogP contribution in [0.1, 0.15) is 16.1 Å². The zero-order valence-electron chi connectivity index (χ0n) is 16.5. The van der Waals surface area contributed by atoms with Gasteiger partial charge in [0.2, 0.25) is 0 Å². The molecule has 7 heteroatoms. The quantitative estimate of drug-likeness (QED) is 0.337. The van der Waals surface area contributed by atoms with Crippen molar-refractivity contribution in [3.63, 3.8) is 0 Å². The van der Waals surface area contributed by atoms with Crippen LogP contribution in [0.2, 0.25) is 0 Å². The van der Waals surface area contributed by atoms with Crippen LogP contribution in [0.5, 0.6) is 5.75 Å². The fourth-order valence-electron chi connectivity index (χ4n) is 3.14. The van der Waals surface area contributed by atoms with Gasteiger partial charge in [-0.3, -0.25) is 4.79 Å². The molecule has 0 fully saturated rings. The highest BCUT2D eigenvalue weighted by Gasteiger charge is 2.18. The van der Waals surface area contributed by atoms with Crippen molar-refractivity contribution in [1.82, 2.24) is 9.78 Å². The first-order valence-corrected chi connectivity index (χ1v) is 9.71. The Hall–Kier alpha value is -4.00. The van der Waals surface area contributed by atoms with Gasteiger partial charge in [0, 0.05) is 5.39 Å². The van der Waals surface area contributed by atoms with Crippen LogP contribution < -0.4 is 10.3 Å². The number of carbonyl (C=O) groups is 1. The summed E-state index contributed by atoms with van der Waals surface area (Å²) >= 11 is 0. The zero-order chi connectivity index (χ0) is 21.6. The molecule has 0 aliphatic rings. The summed E-state index contributed by atoms with van der Waals surface area (Å²) in [6.45, 7) is 0.307. The third-order valence-corrected chi connectivity index (χ3v) is 4.64. The number of halogens is 1. The van der Waals surface area contributed by atoms with Crippen molar-refractivity contribution in [2.45, 2.75) is 6.54 Å². The molecule has 0 bridgehead atoms. The zero-order valence-corrected chi connectivity index (χ0v) is 16.5. The first-order chi connectivity index (χ1) is 15.1. The molecule has 0 N–H and O–H groups in total. The van der Waals surface area contributed by atoms with E-state index in [-0.39, 0.29) is 36.8 Å². The second-order valence-corrected chi connectivity index (χ2v) is 6.78. The van der Waals surface area contributed by atoms with Gasteiger partial charge >= 0.3 is 5.97 Å². The van der Waals surface area contributed by atoms with Crippen molar-refractivity contribution in [2.24, 2.45) is 0 Å². The van der Waals surface area contributed by atoms with Gasteiger partial charge < -0.3 is 9.47 Å². The monoisotopic (exact) mass is 418 g/mol. The number of hydrogen-bond acceptors (Lipinski definition) is 5. The van der Waals surface area contributed by atoms with E-state index in [0.29, 0.717) is 16.5 Å². The van der Waals surface area contributed by atoms with E-state index in [1.807, 2.05) is 30.3 Å². The number of esters is 1. The molecule has 1 aromatic heterocycles. The summed E-state index contributed by atoms with van der Waals surface area (Å²) < 4.78 is 25.0. The molecule has 1 heterocycles. The Balaban J connectivity index is 1.52. The fourth-order valence-corrected chi connectivity index (χ4v) is 3.14. The summed E-state index contributed by atoms with van der Waals surface area (Å²) in [7, 11) is 0. The third-order valence-electron chi connectivity index (χ3n) is 4.64. The van der Waals surface area contributed by atoms with Gasteiger partial charge in [-0.2, -0.15) is 5.10 Å². The number of fused-ring (bicyclic) bond motifs is 1. The first kappa shape index (κ1) is 20.3. The lowest BCUT2D eigenvalue weighted by Gasteiger charge is -2.11. The van der Waals surface area contributed by atoms with Gasteiger partial charge in [0.05, 0.1) is 11.9 Å². The highest BCUT2D eigenvalue weighted by Crippen LogP contribution is 2.15. The summed E-state index contributed by atoms with van der Waals surface area (Å²) in [4.78, 5) is 25.6. The predicted octanol–water partition coefficient (Wildman–Crippen LogP) is 3.82. The van der Waals surface area contributed by atoms with E-state index < -0.39 is 5.97 Å². The average molecular weight is 418 g/mol. The van der Waals surface area contributed by atoms with Crippen molar-refractivity contribution >= 4 is 16.7 Å². The lowest BCUT2D eigenvalue weighted by atomic mass is 10.1. The first-order valence-electron chi connectivity index (χ1n) is 9.71. The van der Waals surface area contributed by atoms with Crippen LogP contribution >= 0.6 is 0 Å². The summed E-state index contributed by atoms with van der Waals surface area (Å²) in [5, 5.41) is 5.11. The maximum Gasteiger partial charge on any atom is 0.359 e. The van der Waals surface area contributed by atoms with Gasteiger partial charge in [0.25, 0.3) is 5.56 Å². The molecule has 156 valence electrons. The van der Waals surface area contributed by atoms with Crippen LogP contribution in [0.15, 0.2) is 83.7 Å². The average Bonchev–Trinajstić information content (AvgIpc) is 2.80. The molecule has 0 saturated heterocycles. The van der Waals surface area contributed by atoms with Gasteiger partial charge in [0.15, 0.2) is 5.69 Å². The second-order valence-electron chi connectivity index (χ2n) is 6.78. The summed E-state index contributed by atoms with van der Waals surface area (Å²) in [5.74, 6) is -0.541. The fraction of sp³-hybridized carbons (Fsp3) is 0.125. The largest absolute Gasteiger partial charge is 0.490 e. The lowest BCUT2D eigenvalue weighted by molar-refractivity contribution is 0.0443. The molecule has 0 radical (unpaired) electrons. The summed E-state index contributed by atoms with van der Waals surface area (Å²) in [5.41, 5.74) is 0.669. The van der Waals surface area contributed by atoms with Gasteiger partial charge in [-0.1, -0.05) is 48.5 Å². The molecule has 4 aromatic rings. The Morgan fingerprint density at radius 1 is 0.871 bits per heavy atom. The summed E-state index contributed by atoms with van der Waals surface area (Å²) in [6.07, 6.45) is 0. The number of ether oxygens (including phenoxy) is 2. The molecule has 3 aromatic carbocycles. The highest BCUT2D eigenvalue weighted by atomic mass is 19.1. The van der Waals surface area contributed by atoms with Crippen molar-refractivity contribution in [3.8, 4) is 5.75 Å². The third kappa shape index (κ3) is 4.78.